The molecule has 1 aliphatic rings. The molecule has 0 saturated carbocycles. The van der Waals surface area contributed by atoms with E-state index in [-0.39, 0.29) is 12.0 Å². The zero-order valence-electron chi connectivity index (χ0n) is 10.5. The zero-order valence-corrected chi connectivity index (χ0v) is 10.5. The maximum Gasteiger partial charge on any atom is 0.222 e. The second kappa shape index (κ2) is 7.13. The van der Waals surface area contributed by atoms with Crippen molar-refractivity contribution < 1.29 is 9.53 Å². The molecule has 18 heavy (non-hydrogen) atoms. The molecule has 1 unspecified atom stereocenters. The molecule has 1 aromatic rings. The molecule has 0 aliphatic carbocycles. The van der Waals surface area contributed by atoms with Gasteiger partial charge in [-0.1, -0.05) is 0 Å². The van der Waals surface area contributed by atoms with Crippen molar-refractivity contribution in [1.29, 1.82) is 0 Å². The summed E-state index contributed by atoms with van der Waals surface area (Å²) in [6.45, 7) is 3.91. The molecule has 0 bridgehead atoms. The van der Waals surface area contributed by atoms with Crippen LogP contribution in [0.4, 0.5) is 0 Å². The molecule has 2 heterocycles. The molecule has 6 nitrogen and oxygen atoms in total. The predicted octanol–water partition coefficient (Wildman–Crippen LogP) is -0.232. The van der Waals surface area contributed by atoms with E-state index >= 15 is 0 Å². The molecule has 1 aromatic heterocycles. The fourth-order valence-corrected chi connectivity index (χ4v) is 1.94. The number of aryl methyl sites for hydroxylation is 1. The second-order valence-electron chi connectivity index (χ2n) is 4.41. The van der Waals surface area contributed by atoms with Gasteiger partial charge in [-0.05, 0) is 6.42 Å². The molecule has 0 radical (unpaired) electrons. The van der Waals surface area contributed by atoms with E-state index in [4.69, 9.17) is 4.74 Å². The summed E-state index contributed by atoms with van der Waals surface area (Å²) in [7, 11) is 0. The van der Waals surface area contributed by atoms with Crippen LogP contribution in [0.1, 0.15) is 12.8 Å². The van der Waals surface area contributed by atoms with E-state index < -0.39 is 0 Å². The van der Waals surface area contributed by atoms with Crippen molar-refractivity contribution in [3.8, 4) is 0 Å². The number of carbonyl (C=O) groups is 1. The van der Waals surface area contributed by atoms with Gasteiger partial charge in [0.2, 0.25) is 5.91 Å². The Morgan fingerprint density at radius 3 is 3.28 bits per heavy atom. The van der Waals surface area contributed by atoms with E-state index in [1.165, 1.54) is 0 Å². The van der Waals surface area contributed by atoms with E-state index in [0.717, 1.165) is 26.1 Å². The molecule has 100 valence electrons. The maximum absolute atomic E-state index is 11.6. The lowest BCUT2D eigenvalue weighted by Crippen LogP contribution is -2.41. The number of carbonyl (C=O) groups excluding carboxylic acids is 1. The highest BCUT2D eigenvalue weighted by Gasteiger charge is 2.16. The molecule has 2 N–H and O–H groups in total. The molecule has 0 spiro atoms. The van der Waals surface area contributed by atoms with Crippen molar-refractivity contribution in [3.05, 3.63) is 18.7 Å². The van der Waals surface area contributed by atoms with Crippen LogP contribution in [0.25, 0.3) is 0 Å². The molecule has 2 rings (SSSR count). The van der Waals surface area contributed by atoms with Gasteiger partial charge >= 0.3 is 0 Å². The van der Waals surface area contributed by atoms with Gasteiger partial charge in [-0.2, -0.15) is 0 Å². The Kier molecular flexibility index (Phi) is 5.16. The first-order chi connectivity index (χ1) is 8.84. The minimum absolute atomic E-state index is 0.0207. The number of nitrogens with one attached hydrogen (secondary N) is 2. The number of hydrogen-bond donors (Lipinski definition) is 2. The van der Waals surface area contributed by atoms with Gasteiger partial charge in [0.05, 0.1) is 25.5 Å². The number of amides is 1. The first kappa shape index (κ1) is 13.0. The van der Waals surface area contributed by atoms with E-state index in [1.54, 1.807) is 12.5 Å². The lowest BCUT2D eigenvalue weighted by molar-refractivity contribution is -0.124. The topological polar surface area (TPSA) is 68.2 Å². The van der Waals surface area contributed by atoms with Crippen molar-refractivity contribution in [2.24, 2.45) is 0 Å². The monoisotopic (exact) mass is 252 g/mol. The summed E-state index contributed by atoms with van der Waals surface area (Å²) < 4.78 is 7.48. The number of morpholine rings is 1. The van der Waals surface area contributed by atoms with E-state index in [0.29, 0.717) is 19.6 Å². The fourth-order valence-electron chi connectivity index (χ4n) is 1.94. The Bertz CT molecular complexity index is 347. The largest absolute Gasteiger partial charge is 0.375 e. The number of nitrogens with zero attached hydrogens (tertiary/aromatic N) is 2. The van der Waals surface area contributed by atoms with Crippen LogP contribution >= 0.6 is 0 Å². The summed E-state index contributed by atoms with van der Waals surface area (Å²) in [5, 5.41) is 6.12. The van der Waals surface area contributed by atoms with Gasteiger partial charge in [0, 0.05) is 38.6 Å². The van der Waals surface area contributed by atoms with Gasteiger partial charge < -0.3 is 19.9 Å². The molecule has 1 fully saturated rings. The molecule has 1 atom stereocenters. The maximum atomic E-state index is 11.6. The number of hydrogen-bond acceptors (Lipinski definition) is 4. The van der Waals surface area contributed by atoms with Crippen LogP contribution in [0.3, 0.4) is 0 Å². The molecule has 6 heteroatoms. The van der Waals surface area contributed by atoms with Crippen molar-refractivity contribution in [2.75, 3.05) is 26.2 Å². The summed E-state index contributed by atoms with van der Waals surface area (Å²) in [6.07, 6.45) is 6.83. The average molecular weight is 252 g/mol. The third-order valence-corrected chi connectivity index (χ3v) is 2.89. The molecule has 0 aromatic carbocycles. The lowest BCUT2D eigenvalue weighted by atomic mass is 10.2. The van der Waals surface area contributed by atoms with Gasteiger partial charge in [0.25, 0.3) is 0 Å². The van der Waals surface area contributed by atoms with Gasteiger partial charge in [-0.15, -0.1) is 0 Å². The highest BCUT2D eigenvalue weighted by atomic mass is 16.5. The Labute approximate surface area is 107 Å². The molecule has 1 aliphatic heterocycles. The average Bonchev–Trinajstić information content (AvgIpc) is 2.89. The Balaban J connectivity index is 1.54. The van der Waals surface area contributed by atoms with Crippen LogP contribution in [0.2, 0.25) is 0 Å². The third kappa shape index (κ3) is 4.46. The first-order valence-electron chi connectivity index (χ1n) is 6.39. The third-order valence-electron chi connectivity index (χ3n) is 2.89. The van der Waals surface area contributed by atoms with Crippen molar-refractivity contribution in [1.82, 2.24) is 20.2 Å². The SMILES string of the molecule is O=C(CC1CNCCO1)NCCCn1ccnc1. The summed E-state index contributed by atoms with van der Waals surface area (Å²) in [5.74, 6) is 0.0642. The minimum Gasteiger partial charge on any atom is -0.375 e. The van der Waals surface area contributed by atoms with Crippen LogP contribution in [0.15, 0.2) is 18.7 Å². The first-order valence-corrected chi connectivity index (χ1v) is 6.39. The number of aromatic nitrogens is 2. The standard InChI is InChI=1S/C12H20N4O2/c17-12(8-11-9-13-4-7-18-11)15-2-1-5-16-6-3-14-10-16/h3,6,10-11,13H,1-2,4-5,7-9H2,(H,15,17). The fraction of sp³-hybridized carbons (Fsp3) is 0.667. The quantitative estimate of drug-likeness (QED) is 0.686. The predicted molar refractivity (Wildman–Crippen MR) is 67.1 cm³/mol. The Morgan fingerprint density at radius 2 is 2.56 bits per heavy atom. The van der Waals surface area contributed by atoms with Crippen LogP contribution in [0, 0.1) is 0 Å². The number of rotatable bonds is 6. The van der Waals surface area contributed by atoms with Crippen LogP contribution in [-0.4, -0.2) is 47.8 Å². The van der Waals surface area contributed by atoms with Crippen LogP contribution in [0.5, 0.6) is 0 Å². The van der Waals surface area contributed by atoms with E-state index in [2.05, 4.69) is 15.6 Å². The van der Waals surface area contributed by atoms with E-state index in [1.807, 2.05) is 10.8 Å². The summed E-state index contributed by atoms with van der Waals surface area (Å²) in [5.41, 5.74) is 0. The van der Waals surface area contributed by atoms with Crippen molar-refractivity contribution >= 4 is 5.91 Å². The van der Waals surface area contributed by atoms with E-state index in [9.17, 15) is 4.79 Å². The van der Waals surface area contributed by atoms with Crippen LogP contribution in [-0.2, 0) is 16.1 Å². The minimum atomic E-state index is 0.0207. The van der Waals surface area contributed by atoms with Crippen molar-refractivity contribution in [2.45, 2.75) is 25.5 Å². The number of ether oxygens (including phenoxy) is 1. The van der Waals surface area contributed by atoms with Gasteiger partial charge in [0.1, 0.15) is 0 Å². The highest BCUT2D eigenvalue weighted by Crippen LogP contribution is 2.01. The van der Waals surface area contributed by atoms with Gasteiger partial charge in [-0.3, -0.25) is 4.79 Å². The smallest absolute Gasteiger partial charge is 0.222 e. The Morgan fingerprint density at radius 1 is 1.61 bits per heavy atom. The van der Waals surface area contributed by atoms with Gasteiger partial charge in [0.15, 0.2) is 0 Å². The summed E-state index contributed by atoms with van der Waals surface area (Å²) in [6, 6.07) is 0. The molecule has 1 saturated heterocycles. The molecule has 1 amide bonds. The lowest BCUT2D eigenvalue weighted by Gasteiger charge is -2.23. The van der Waals surface area contributed by atoms with Crippen molar-refractivity contribution in [3.63, 3.8) is 0 Å². The molecular formula is C12H20N4O2. The highest BCUT2D eigenvalue weighted by molar-refractivity contribution is 5.76. The summed E-state index contributed by atoms with van der Waals surface area (Å²) >= 11 is 0. The number of imidazole rings is 1. The second-order valence-corrected chi connectivity index (χ2v) is 4.41. The van der Waals surface area contributed by atoms with Gasteiger partial charge in [-0.25, -0.2) is 4.98 Å². The zero-order chi connectivity index (χ0) is 12.6. The molecular weight excluding hydrogens is 232 g/mol. The van der Waals surface area contributed by atoms with Crippen LogP contribution < -0.4 is 10.6 Å². The Hall–Kier alpha value is -1.40. The summed E-state index contributed by atoms with van der Waals surface area (Å²) in [4.78, 5) is 15.6. The normalized spacial score (nSPS) is 19.7.